The Labute approximate surface area is 176 Å². The molecule has 6 nitrogen and oxygen atoms in total. The summed E-state index contributed by atoms with van der Waals surface area (Å²) in [6.45, 7) is 2.29. The van der Waals surface area contributed by atoms with E-state index >= 15 is 0 Å². The van der Waals surface area contributed by atoms with Gasteiger partial charge in [-0.2, -0.15) is 0 Å². The van der Waals surface area contributed by atoms with Gasteiger partial charge in [0.2, 0.25) is 5.91 Å². The summed E-state index contributed by atoms with van der Waals surface area (Å²) >= 11 is 0. The highest BCUT2D eigenvalue weighted by molar-refractivity contribution is 5.93. The first-order valence-electron chi connectivity index (χ1n) is 9.91. The molecule has 1 amide bonds. The molecule has 0 radical (unpaired) electrons. The third kappa shape index (κ3) is 3.81. The van der Waals surface area contributed by atoms with Gasteiger partial charge in [-0.05, 0) is 59.5 Å². The van der Waals surface area contributed by atoms with Crippen LogP contribution in [0, 0.1) is 0 Å². The third-order valence-corrected chi connectivity index (χ3v) is 5.43. The fourth-order valence-electron chi connectivity index (χ4n) is 3.94. The minimum atomic E-state index is 0.0509. The Morgan fingerprint density at radius 3 is 2.53 bits per heavy atom. The van der Waals surface area contributed by atoms with Crippen LogP contribution in [0.1, 0.15) is 24.9 Å². The zero-order valence-electron chi connectivity index (χ0n) is 17.4. The van der Waals surface area contributed by atoms with Crippen molar-refractivity contribution in [1.29, 1.82) is 0 Å². The molecule has 0 spiro atoms. The second-order valence-electron chi connectivity index (χ2n) is 7.24. The van der Waals surface area contributed by atoms with Gasteiger partial charge in [0.05, 0.1) is 25.9 Å². The second-order valence-corrected chi connectivity index (χ2v) is 7.24. The van der Waals surface area contributed by atoms with Crippen LogP contribution in [0.3, 0.4) is 0 Å². The smallest absolute Gasteiger partial charge is 0.223 e. The van der Waals surface area contributed by atoms with E-state index < -0.39 is 0 Å². The number of nitrogens with one attached hydrogen (secondary N) is 1. The normalized spacial score (nSPS) is 15.3. The summed E-state index contributed by atoms with van der Waals surface area (Å²) in [6.07, 6.45) is 4.39. The molecule has 0 fully saturated rings. The summed E-state index contributed by atoms with van der Waals surface area (Å²) in [4.78, 5) is 18.2. The molecule has 154 valence electrons. The molecule has 30 heavy (non-hydrogen) atoms. The molecule has 0 saturated carbocycles. The fraction of sp³-hybridized carbons (Fsp3) is 0.250. The topological polar surface area (TPSA) is 63.7 Å². The Morgan fingerprint density at radius 2 is 1.83 bits per heavy atom. The number of fused-ring (bicyclic) bond motifs is 1. The minimum Gasteiger partial charge on any atom is -0.493 e. The molecule has 3 aromatic rings. The monoisotopic (exact) mass is 403 g/mol. The zero-order valence-corrected chi connectivity index (χ0v) is 17.4. The third-order valence-electron chi connectivity index (χ3n) is 5.43. The van der Waals surface area contributed by atoms with Crippen molar-refractivity contribution in [3.63, 3.8) is 0 Å². The molecule has 1 aliphatic rings. The van der Waals surface area contributed by atoms with Crippen molar-refractivity contribution in [2.75, 3.05) is 31.0 Å². The van der Waals surface area contributed by atoms with Gasteiger partial charge in [0, 0.05) is 31.5 Å². The number of hydrogen-bond acceptors (Lipinski definition) is 5. The quantitative estimate of drug-likeness (QED) is 0.670. The second kappa shape index (κ2) is 8.45. The number of nitrogens with zero attached hydrogens (tertiary/aromatic N) is 2. The van der Waals surface area contributed by atoms with Gasteiger partial charge in [-0.15, -0.1) is 0 Å². The number of ether oxygens (including phenoxy) is 2. The van der Waals surface area contributed by atoms with Gasteiger partial charge in [0.25, 0.3) is 0 Å². The van der Waals surface area contributed by atoms with Crippen LogP contribution in [-0.4, -0.2) is 31.7 Å². The van der Waals surface area contributed by atoms with Gasteiger partial charge in [-0.1, -0.05) is 12.1 Å². The highest BCUT2D eigenvalue weighted by Gasteiger charge is 2.27. The van der Waals surface area contributed by atoms with Crippen LogP contribution in [0.15, 0.2) is 60.9 Å². The lowest BCUT2D eigenvalue weighted by Gasteiger charge is -2.35. The molecule has 1 aliphatic heterocycles. The summed E-state index contributed by atoms with van der Waals surface area (Å²) < 4.78 is 10.8. The molecule has 1 N–H and O–H groups in total. The van der Waals surface area contributed by atoms with E-state index in [1.807, 2.05) is 53.6 Å². The molecule has 1 aromatic heterocycles. The average Bonchev–Trinajstić information content (AvgIpc) is 2.79. The Hall–Kier alpha value is -3.54. The summed E-state index contributed by atoms with van der Waals surface area (Å²) in [6, 6.07) is 16.1. The Kier molecular flexibility index (Phi) is 5.57. The molecule has 0 aliphatic carbocycles. The van der Waals surface area contributed by atoms with Crippen molar-refractivity contribution in [3.05, 3.63) is 66.5 Å². The number of rotatable bonds is 5. The highest BCUT2D eigenvalue weighted by atomic mass is 16.5. The molecule has 1 atom stereocenters. The summed E-state index contributed by atoms with van der Waals surface area (Å²) in [5.41, 5.74) is 5.07. The molecular formula is C24H25N3O3. The van der Waals surface area contributed by atoms with E-state index in [-0.39, 0.29) is 11.9 Å². The fourth-order valence-corrected chi connectivity index (χ4v) is 3.94. The van der Waals surface area contributed by atoms with Gasteiger partial charge >= 0.3 is 0 Å². The molecular weight excluding hydrogens is 378 g/mol. The molecule has 0 saturated heterocycles. The van der Waals surface area contributed by atoms with Crippen molar-refractivity contribution in [2.24, 2.45) is 0 Å². The summed E-state index contributed by atoms with van der Waals surface area (Å²) in [5.74, 6) is 1.43. The Balaban J connectivity index is 1.75. The summed E-state index contributed by atoms with van der Waals surface area (Å²) in [5, 5.41) is 3.57. The van der Waals surface area contributed by atoms with Crippen molar-refractivity contribution in [3.8, 4) is 22.6 Å². The van der Waals surface area contributed by atoms with Crippen molar-refractivity contribution in [1.82, 2.24) is 4.98 Å². The van der Waals surface area contributed by atoms with Crippen LogP contribution in [0.5, 0.6) is 11.5 Å². The molecule has 0 bridgehead atoms. The van der Waals surface area contributed by atoms with Crippen molar-refractivity contribution in [2.45, 2.75) is 19.4 Å². The van der Waals surface area contributed by atoms with E-state index in [0.717, 1.165) is 34.5 Å². The lowest BCUT2D eigenvalue weighted by Crippen LogP contribution is -2.36. The van der Waals surface area contributed by atoms with E-state index in [4.69, 9.17) is 9.47 Å². The number of pyridine rings is 1. The number of anilines is 2. The lowest BCUT2D eigenvalue weighted by molar-refractivity contribution is -0.116. The number of aromatic nitrogens is 1. The van der Waals surface area contributed by atoms with E-state index in [1.165, 1.54) is 0 Å². The number of hydrogen-bond donors (Lipinski definition) is 1. The number of carbonyl (C=O) groups excluding carboxylic acids is 1. The lowest BCUT2D eigenvalue weighted by atomic mass is 9.92. The largest absolute Gasteiger partial charge is 0.493 e. The maximum absolute atomic E-state index is 12.2. The van der Waals surface area contributed by atoms with Gasteiger partial charge in [0.15, 0.2) is 11.5 Å². The van der Waals surface area contributed by atoms with Crippen molar-refractivity contribution < 1.29 is 14.3 Å². The van der Waals surface area contributed by atoms with Crippen molar-refractivity contribution >= 4 is 17.3 Å². The van der Waals surface area contributed by atoms with E-state index in [1.54, 1.807) is 27.3 Å². The van der Waals surface area contributed by atoms with E-state index in [2.05, 4.69) is 16.4 Å². The minimum absolute atomic E-state index is 0.0509. The standard InChI is InChI=1S/C24H25N3O3/c1-16(28)27-12-10-21(26-19-5-4-11-25-15-19)20-13-17(6-8-22(20)27)18-7-9-23(29-2)24(14-18)30-3/h4-9,11,13-15,21,26H,10,12H2,1-3H3. The molecule has 4 rings (SSSR count). The van der Waals surface area contributed by atoms with Gasteiger partial charge in [0.1, 0.15) is 0 Å². The first-order valence-corrected chi connectivity index (χ1v) is 9.91. The van der Waals surface area contributed by atoms with Crippen LogP contribution in [0.2, 0.25) is 0 Å². The summed E-state index contributed by atoms with van der Waals surface area (Å²) in [7, 11) is 3.26. The molecule has 6 heteroatoms. The molecule has 2 heterocycles. The van der Waals surface area contributed by atoms with Crippen LogP contribution in [-0.2, 0) is 4.79 Å². The van der Waals surface area contributed by atoms with E-state index in [0.29, 0.717) is 18.0 Å². The first-order chi connectivity index (χ1) is 14.6. The maximum atomic E-state index is 12.2. The highest BCUT2D eigenvalue weighted by Crippen LogP contribution is 2.40. The van der Waals surface area contributed by atoms with Crippen LogP contribution in [0.4, 0.5) is 11.4 Å². The van der Waals surface area contributed by atoms with Gasteiger partial charge in [-0.3, -0.25) is 9.78 Å². The van der Waals surface area contributed by atoms with Crippen LogP contribution >= 0.6 is 0 Å². The predicted molar refractivity (Wildman–Crippen MR) is 118 cm³/mol. The maximum Gasteiger partial charge on any atom is 0.223 e. The number of amides is 1. The average molecular weight is 403 g/mol. The number of benzene rings is 2. The molecule has 1 unspecified atom stereocenters. The zero-order chi connectivity index (χ0) is 21.1. The SMILES string of the molecule is COc1ccc(-c2ccc3c(c2)C(Nc2cccnc2)CCN3C(C)=O)cc1OC. The number of carbonyl (C=O) groups is 1. The van der Waals surface area contributed by atoms with Gasteiger partial charge < -0.3 is 19.7 Å². The van der Waals surface area contributed by atoms with E-state index in [9.17, 15) is 4.79 Å². The van der Waals surface area contributed by atoms with Crippen LogP contribution in [0.25, 0.3) is 11.1 Å². The molecule has 2 aromatic carbocycles. The Morgan fingerprint density at radius 1 is 1.07 bits per heavy atom. The number of methoxy groups -OCH3 is 2. The predicted octanol–water partition coefficient (Wildman–Crippen LogP) is 4.68. The van der Waals surface area contributed by atoms with Gasteiger partial charge in [-0.25, -0.2) is 0 Å². The Bertz CT molecular complexity index is 1050. The van der Waals surface area contributed by atoms with Crippen LogP contribution < -0.4 is 19.7 Å². The first kappa shape index (κ1) is 19.8.